The summed E-state index contributed by atoms with van der Waals surface area (Å²) in [5, 5.41) is 3.14. The minimum atomic E-state index is 0.287. The highest BCUT2D eigenvalue weighted by molar-refractivity contribution is 5.84. The molecule has 0 aliphatic carbocycles. The van der Waals surface area contributed by atoms with Crippen LogP contribution in [0.4, 0.5) is 11.6 Å². The summed E-state index contributed by atoms with van der Waals surface area (Å²) in [6.45, 7) is 4.22. The number of piperidine rings is 1. The molecule has 0 aromatic carbocycles. The van der Waals surface area contributed by atoms with Gasteiger partial charge in [0.05, 0.1) is 6.54 Å². The van der Waals surface area contributed by atoms with Crippen molar-refractivity contribution in [1.82, 2.24) is 9.97 Å². The van der Waals surface area contributed by atoms with Gasteiger partial charge < -0.3 is 10.2 Å². The molecule has 5 nitrogen and oxygen atoms in total. The van der Waals surface area contributed by atoms with Gasteiger partial charge >= 0.3 is 0 Å². The van der Waals surface area contributed by atoms with Crippen molar-refractivity contribution in [2.45, 2.75) is 19.8 Å². The third-order valence-electron chi connectivity index (χ3n) is 2.59. The highest BCUT2D eigenvalue weighted by Crippen LogP contribution is 2.17. The van der Waals surface area contributed by atoms with Gasteiger partial charge in [-0.1, -0.05) is 0 Å². The Hall–Kier alpha value is -1.65. The van der Waals surface area contributed by atoms with Gasteiger partial charge in [0.15, 0.2) is 5.78 Å². The number of aromatic nitrogens is 2. The summed E-state index contributed by atoms with van der Waals surface area (Å²) < 4.78 is 0. The molecule has 1 aliphatic heterocycles. The van der Waals surface area contributed by atoms with Crippen LogP contribution in [-0.4, -0.2) is 35.4 Å². The molecular weight excluding hydrogens is 204 g/mol. The van der Waals surface area contributed by atoms with Crippen LogP contribution in [0.1, 0.15) is 19.8 Å². The van der Waals surface area contributed by atoms with Gasteiger partial charge in [-0.15, -0.1) is 0 Å². The summed E-state index contributed by atoms with van der Waals surface area (Å²) >= 11 is 0. The van der Waals surface area contributed by atoms with E-state index in [-0.39, 0.29) is 5.78 Å². The van der Waals surface area contributed by atoms with Crippen LogP contribution >= 0.6 is 0 Å². The lowest BCUT2D eigenvalue weighted by molar-refractivity contribution is -0.118. The Morgan fingerprint density at radius 3 is 3.12 bits per heavy atom. The Labute approximate surface area is 94.9 Å². The summed E-state index contributed by atoms with van der Waals surface area (Å²) in [4.78, 5) is 21.7. The van der Waals surface area contributed by atoms with E-state index in [9.17, 15) is 4.79 Å². The van der Waals surface area contributed by atoms with Gasteiger partial charge in [-0.3, -0.25) is 4.79 Å². The molecular formula is C11H16N4O. The second-order valence-electron chi connectivity index (χ2n) is 3.86. The van der Waals surface area contributed by atoms with Crippen LogP contribution in [0.2, 0.25) is 0 Å². The topological polar surface area (TPSA) is 58.1 Å². The Morgan fingerprint density at radius 1 is 1.50 bits per heavy atom. The highest BCUT2D eigenvalue weighted by Gasteiger charge is 2.18. The van der Waals surface area contributed by atoms with E-state index in [1.165, 1.54) is 6.33 Å². The number of anilines is 2. The molecule has 1 aromatic heterocycles. The fourth-order valence-electron chi connectivity index (χ4n) is 1.83. The molecule has 5 heteroatoms. The smallest absolute Gasteiger partial charge is 0.152 e. The van der Waals surface area contributed by atoms with Crippen molar-refractivity contribution in [3.63, 3.8) is 0 Å². The zero-order valence-corrected chi connectivity index (χ0v) is 9.44. The summed E-state index contributed by atoms with van der Waals surface area (Å²) in [7, 11) is 0. The number of hydrogen-bond donors (Lipinski definition) is 1. The van der Waals surface area contributed by atoms with Crippen LogP contribution < -0.4 is 10.2 Å². The number of carbonyl (C=O) groups excluding carboxylic acids is 1. The van der Waals surface area contributed by atoms with Crippen molar-refractivity contribution in [3.05, 3.63) is 12.4 Å². The molecule has 1 aliphatic rings. The zero-order chi connectivity index (χ0) is 11.4. The van der Waals surface area contributed by atoms with Crippen molar-refractivity contribution < 1.29 is 4.79 Å². The van der Waals surface area contributed by atoms with Crippen LogP contribution in [0.5, 0.6) is 0 Å². The van der Waals surface area contributed by atoms with E-state index >= 15 is 0 Å². The fourth-order valence-corrected chi connectivity index (χ4v) is 1.83. The lowest BCUT2D eigenvalue weighted by atomic mass is 10.1. The molecule has 86 valence electrons. The van der Waals surface area contributed by atoms with Crippen LogP contribution in [0.15, 0.2) is 12.4 Å². The number of nitrogens with zero attached hydrogens (tertiary/aromatic N) is 3. The minimum Gasteiger partial charge on any atom is -0.370 e. The lowest BCUT2D eigenvalue weighted by Gasteiger charge is -2.26. The molecule has 2 heterocycles. The summed E-state index contributed by atoms with van der Waals surface area (Å²) in [5.74, 6) is 1.93. The van der Waals surface area contributed by atoms with Gasteiger partial charge in [-0.05, 0) is 13.3 Å². The Balaban J connectivity index is 2.12. The summed E-state index contributed by atoms with van der Waals surface area (Å²) in [5.41, 5.74) is 0. The van der Waals surface area contributed by atoms with Crippen molar-refractivity contribution in [1.29, 1.82) is 0 Å². The number of nitrogens with one attached hydrogen (secondary N) is 1. The maximum absolute atomic E-state index is 11.4. The van der Waals surface area contributed by atoms with Gasteiger partial charge in [0.25, 0.3) is 0 Å². The molecule has 0 unspecified atom stereocenters. The molecule has 0 amide bonds. The molecule has 0 bridgehead atoms. The summed E-state index contributed by atoms with van der Waals surface area (Å²) in [6.07, 6.45) is 3.15. The molecule has 0 radical (unpaired) electrons. The molecule has 16 heavy (non-hydrogen) atoms. The van der Waals surface area contributed by atoms with Crippen molar-refractivity contribution in [2.75, 3.05) is 29.9 Å². The van der Waals surface area contributed by atoms with Crippen molar-refractivity contribution >= 4 is 17.4 Å². The molecule has 0 atom stereocenters. The van der Waals surface area contributed by atoms with E-state index in [1.807, 2.05) is 17.9 Å². The lowest BCUT2D eigenvalue weighted by Crippen LogP contribution is -2.36. The van der Waals surface area contributed by atoms with E-state index in [0.29, 0.717) is 13.0 Å². The van der Waals surface area contributed by atoms with Gasteiger partial charge in [-0.2, -0.15) is 0 Å². The van der Waals surface area contributed by atoms with E-state index in [2.05, 4.69) is 15.3 Å². The highest BCUT2D eigenvalue weighted by atomic mass is 16.1. The van der Waals surface area contributed by atoms with Crippen LogP contribution in [0.25, 0.3) is 0 Å². The van der Waals surface area contributed by atoms with Crippen LogP contribution in [0, 0.1) is 0 Å². The maximum atomic E-state index is 11.4. The van der Waals surface area contributed by atoms with Gasteiger partial charge in [-0.25, -0.2) is 9.97 Å². The molecule has 2 rings (SSSR count). The SMILES string of the molecule is CCNc1cc(N2CCCC(=O)C2)ncn1. The first-order valence-corrected chi connectivity index (χ1v) is 5.62. The number of hydrogen-bond acceptors (Lipinski definition) is 5. The van der Waals surface area contributed by atoms with E-state index < -0.39 is 0 Å². The van der Waals surface area contributed by atoms with Crippen LogP contribution in [0.3, 0.4) is 0 Å². The number of carbonyl (C=O) groups is 1. The van der Waals surface area contributed by atoms with Gasteiger partial charge in [0.2, 0.25) is 0 Å². The second-order valence-corrected chi connectivity index (χ2v) is 3.86. The average molecular weight is 220 g/mol. The summed E-state index contributed by atoms with van der Waals surface area (Å²) in [6, 6.07) is 1.89. The first kappa shape index (κ1) is 10.9. The van der Waals surface area contributed by atoms with Gasteiger partial charge in [0.1, 0.15) is 18.0 Å². The third kappa shape index (κ3) is 2.48. The molecule has 0 saturated carbocycles. The largest absolute Gasteiger partial charge is 0.370 e. The van der Waals surface area contributed by atoms with E-state index in [0.717, 1.165) is 31.1 Å². The number of ketones is 1. The maximum Gasteiger partial charge on any atom is 0.152 e. The predicted molar refractivity (Wildman–Crippen MR) is 62.6 cm³/mol. The monoisotopic (exact) mass is 220 g/mol. The minimum absolute atomic E-state index is 0.287. The standard InChI is InChI=1S/C11H16N4O/c1-2-12-10-6-11(14-8-13-10)15-5-3-4-9(16)7-15/h6,8H,2-5,7H2,1H3,(H,12,13,14). The first-order valence-electron chi connectivity index (χ1n) is 5.62. The molecule has 0 spiro atoms. The Bertz CT molecular complexity index is 380. The molecule has 1 N–H and O–H groups in total. The van der Waals surface area contributed by atoms with E-state index in [4.69, 9.17) is 0 Å². The Kier molecular flexibility index (Phi) is 3.34. The number of rotatable bonds is 3. The zero-order valence-electron chi connectivity index (χ0n) is 9.44. The predicted octanol–water partition coefficient (Wildman–Crippen LogP) is 1.08. The van der Waals surface area contributed by atoms with Gasteiger partial charge in [0, 0.05) is 25.6 Å². The molecule has 1 fully saturated rings. The van der Waals surface area contributed by atoms with Crippen molar-refractivity contribution in [2.24, 2.45) is 0 Å². The first-order chi connectivity index (χ1) is 7.79. The third-order valence-corrected chi connectivity index (χ3v) is 2.59. The average Bonchev–Trinajstić information content (AvgIpc) is 2.30. The van der Waals surface area contributed by atoms with E-state index in [1.54, 1.807) is 0 Å². The molecule has 1 saturated heterocycles. The normalized spacial score (nSPS) is 16.3. The quantitative estimate of drug-likeness (QED) is 0.826. The van der Waals surface area contributed by atoms with Crippen molar-refractivity contribution in [3.8, 4) is 0 Å². The fraction of sp³-hybridized carbons (Fsp3) is 0.545. The second kappa shape index (κ2) is 4.92. The Morgan fingerprint density at radius 2 is 2.38 bits per heavy atom. The number of Topliss-reactive ketones (excluding diaryl/α,β-unsaturated/α-hetero) is 1. The van der Waals surface area contributed by atoms with Crippen LogP contribution in [-0.2, 0) is 4.79 Å². The molecule has 1 aromatic rings.